The van der Waals surface area contributed by atoms with Gasteiger partial charge in [-0.05, 0) is 12.1 Å². The molecule has 0 spiro atoms. The van der Waals surface area contributed by atoms with Crippen LogP contribution >= 0.6 is 11.5 Å². The van der Waals surface area contributed by atoms with Crippen molar-refractivity contribution in [1.82, 2.24) is 14.9 Å². The largest absolute Gasteiger partial charge is 0.344 e. The molecule has 1 aromatic heterocycles. The van der Waals surface area contributed by atoms with Crippen molar-refractivity contribution in [3.05, 3.63) is 36.0 Å². The standard InChI is InChI=1S/C11H10N4O2S/c1-7(16)12-10(17)9-11(18-15-14-9)13-8-5-3-2-4-6-8/h2-6,13H,1H3,(H,12,16,17). The lowest BCUT2D eigenvalue weighted by Gasteiger charge is -2.04. The number of nitrogens with zero attached hydrogens (tertiary/aromatic N) is 2. The lowest BCUT2D eigenvalue weighted by atomic mass is 10.3. The molecule has 0 atom stereocenters. The van der Waals surface area contributed by atoms with Gasteiger partial charge in [-0.3, -0.25) is 14.9 Å². The van der Waals surface area contributed by atoms with Crippen LogP contribution in [0, 0.1) is 0 Å². The van der Waals surface area contributed by atoms with Gasteiger partial charge in [0.2, 0.25) is 5.91 Å². The average molecular weight is 262 g/mol. The van der Waals surface area contributed by atoms with Crippen molar-refractivity contribution in [2.45, 2.75) is 6.92 Å². The van der Waals surface area contributed by atoms with Crippen LogP contribution in [-0.4, -0.2) is 21.4 Å². The predicted molar refractivity (Wildman–Crippen MR) is 67.8 cm³/mol. The summed E-state index contributed by atoms with van der Waals surface area (Å²) in [6.45, 7) is 1.27. The summed E-state index contributed by atoms with van der Waals surface area (Å²) in [4.78, 5) is 22.5. The second kappa shape index (κ2) is 5.37. The van der Waals surface area contributed by atoms with Gasteiger partial charge in [0.1, 0.15) is 5.00 Å². The highest BCUT2D eigenvalue weighted by molar-refractivity contribution is 7.10. The van der Waals surface area contributed by atoms with Crippen LogP contribution in [-0.2, 0) is 4.79 Å². The van der Waals surface area contributed by atoms with Gasteiger partial charge in [0.15, 0.2) is 5.69 Å². The predicted octanol–water partition coefficient (Wildman–Crippen LogP) is 1.56. The van der Waals surface area contributed by atoms with Crippen molar-refractivity contribution in [2.75, 3.05) is 5.32 Å². The number of anilines is 2. The van der Waals surface area contributed by atoms with E-state index in [-0.39, 0.29) is 5.69 Å². The van der Waals surface area contributed by atoms with E-state index in [1.807, 2.05) is 30.3 Å². The van der Waals surface area contributed by atoms with Crippen molar-refractivity contribution in [2.24, 2.45) is 0 Å². The lowest BCUT2D eigenvalue weighted by molar-refractivity contribution is -0.118. The van der Waals surface area contributed by atoms with Crippen molar-refractivity contribution in [3.63, 3.8) is 0 Å². The Morgan fingerprint density at radius 3 is 2.61 bits per heavy atom. The molecular weight excluding hydrogens is 252 g/mol. The second-order valence-electron chi connectivity index (χ2n) is 3.45. The number of carbonyl (C=O) groups is 2. The van der Waals surface area contributed by atoms with E-state index in [9.17, 15) is 9.59 Å². The highest BCUT2D eigenvalue weighted by atomic mass is 32.1. The first kappa shape index (κ1) is 12.2. The summed E-state index contributed by atoms with van der Waals surface area (Å²) in [5.41, 5.74) is 0.930. The summed E-state index contributed by atoms with van der Waals surface area (Å²) in [5.74, 6) is -0.992. The number of nitrogens with one attached hydrogen (secondary N) is 2. The Balaban J connectivity index is 2.18. The Morgan fingerprint density at radius 1 is 1.22 bits per heavy atom. The van der Waals surface area contributed by atoms with E-state index in [2.05, 4.69) is 20.2 Å². The van der Waals surface area contributed by atoms with Gasteiger partial charge in [-0.15, -0.1) is 5.10 Å². The molecule has 2 amide bonds. The maximum Gasteiger partial charge on any atom is 0.281 e. The van der Waals surface area contributed by atoms with Crippen LogP contribution in [0.2, 0.25) is 0 Å². The molecular formula is C11H10N4O2S. The smallest absolute Gasteiger partial charge is 0.281 e. The molecule has 7 heteroatoms. The highest BCUT2D eigenvalue weighted by Gasteiger charge is 2.17. The summed E-state index contributed by atoms with van der Waals surface area (Å²) in [5, 5.41) is 9.39. The van der Waals surface area contributed by atoms with Gasteiger partial charge in [0, 0.05) is 24.1 Å². The topological polar surface area (TPSA) is 84.0 Å². The molecule has 1 aromatic carbocycles. The minimum absolute atomic E-state index is 0.110. The molecule has 2 N–H and O–H groups in total. The van der Waals surface area contributed by atoms with Gasteiger partial charge in [-0.1, -0.05) is 22.7 Å². The Hall–Kier alpha value is -2.28. The molecule has 0 aliphatic carbocycles. The molecule has 0 radical (unpaired) electrons. The molecule has 0 saturated heterocycles. The number of hydrogen-bond donors (Lipinski definition) is 2. The molecule has 0 aliphatic rings. The number of carbonyl (C=O) groups excluding carboxylic acids is 2. The summed E-state index contributed by atoms with van der Waals surface area (Å²) in [6, 6.07) is 9.33. The molecule has 1 heterocycles. The Kier molecular flexibility index (Phi) is 3.63. The van der Waals surface area contributed by atoms with Crippen LogP contribution in [0.25, 0.3) is 0 Å². The normalized spacial score (nSPS) is 9.83. The third-order valence-electron chi connectivity index (χ3n) is 2.02. The molecule has 6 nitrogen and oxygen atoms in total. The van der Waals surface area contributed by atoms with Gasteiger partial charge in [-0.2, -0.15) is 0 Å². The minimum Gasteiger partial charge on any atom is -0.344 e. The van der Waals surface area contributed by atoms with Crippen LogP contribution < -0.4 is 10.6 Å². The summed E-state index contributed by atoms with van der Waals surface area (Å²) in [6.07, 6.45) is 0. The van der Waals surface area contributed by atoms with Crippen LogP contribution in [0.1, 0.15) is 17.4 Å². The van der Waals surface area contributed by atoms with Crippen LogP contribution in [0.15, 0.2) is 30.3 Å². The maximum absolute atomic E-state index is 11.7. The maximum atomic E-state index is 11.7. The number of rotatable bonds is 3. The monoisotopic (exact) mass is 262 g/mol. The molecule has 0 bridgehead atoms. The van der Waals surface area contributed by atoms with E-state index < -0.39 is 11.8 Å². The van der Waals surface area contributed by atoms with Gasteiger partial charge in [-0.25, -0.2) is 0 Å². The molecule has 2 rings (SSSR count). The fourth-order valence-electron chi connectivity index (χ4n) is 1.29. The number of imide groups is 1. The minimum atomic E-state index is -0.560. The van der Waals surface area contributed by atoms with Crippen LogP contribution in [0.4, 0.5) is 10.7 Å². The van der Waals surface area contributed by atoms with Crippen LogP contribution in [0.5, 0.6) is 0 Å². The van der Waals surface area contributed by atoms with Gasteiger partial charge in [0.25, 0.3) is 5.91 Å². The summed E-state index contributed by atoms with van der Waals surface area (Å²) in [7, 11) is 0. The molecule has 0 unspecified atom stereocenters. The Labute approximate surface area is 107 Å². The quantitative estimate of drug-likeness (QED) is 0.877. The zero-order valence-electron chi connectivity index (χ0n) is 9.51. The molecule has 18 heavy (non-hydrogen) atoms. The van der Waals surface area contributed by atoms with E-state index >= 15 is 0 Å². The van der Waals surface area contributed by atoms with E-state index in [1.165, 1.54) is 6.92 Å². The number of benzene rings is 1. The van der Waals surface area contributed by atoms with E-state index in [1.54, 1.807) is 0 Å². The van der Waals surface area contributed by atoms with Gasteiger partial charge >= 0.3 is 0 Å². The SMILES string of the molecule is CC(=O)NC(=O)c1nnsc1Nc1ccccc1. The van der Waals surface area contributed by atoms with Crippen molar-refractivity contribution in [3.8, 4) is 0 Å². The fraction of sp³-hybridized carbons (Fsp3) is 0.0909. The first-order valence-electron chi connectivity index (χ1n) is 5.13. The zero-order valence-corrected chi connectivity index (χ0v) is 10.3. The van der Waals surface area contributed by atoms with Crippen molar-refractivity contribution < 1.29 is 9.59 Å². The number of aromatic nitrogens is 2. The summed E-state index contributed by atoms with van der Waals surface area (Å²) < 4.78 is 3.70. The third-order valence-corrected chi connectivity index (χ3v) is 2.67. The van der Waals surface area contributed by atoms with Crippen molar-refractivity contribution in [1.29, 1.82) is 0 Å². The van der Waals surface area contributed by atoms with Crippen molar-refractivity contribution >= 4 is 34.0 Å². The first-order chi connectivity index (χ1) is 8.66. The van der Waals surface area contributed by atoms with E-state index in [4.69, 9.17) is 0 Å². The fourth-order valence-corrected chi connectivity index (χ4v) is 1.88. The van der Waals surface area contributed by atoms with E-state index in [0.717, 1.165) is 17.2 Å². The molecule has 2 aromatic rings. The third kappa shape index (κ3) is 2.89. The Morgan fingerprint density at radius 2 is 1.94 bits per heavy atom. The molecule has 0 fully saturated rings. The number of para-hydroxylation sites is 1. The number of amides is 2. The van der Waals surface area contributed by atoms with Crippen LogP contribution in [0.3, 0.4) is 0 Å². The first-order valence-corrected chi connectivity index (χ1v) is 5.90. The molecule has 0 aliphatic heterocycles. The van der Waals surface area contributed by atoms with Gasteiger partial charge < -0.3 is 5.32 Å². The van der Waals surface area contributed by atoms with E-state index in [0.29, 0.717) is 5.00 Å². The second-order valence-corrected chi connectivity index (χ2v) is 4.21. The lowest BCUT2D eigenvalue weighted by Crippen LogP contribution is -2.28. The highest BCUT2D eigenvalue weighted by Crippen LogP contribution is 2.22. The number of hydrogen-bond acceptors (Lipinski definition) is 6. The Bertz CT molecular complexity index is 567. The average Bonchev–Trinajstić information content (AvgIpc) is 2.77. The van der Waals surface area contributed by atoms with Gasteiger partial charge in [0.05, 0.1) is 0 Å². The summed E-state index contributed by atoms with van der Waals surface area (Å²) >= 11 is 1.06. The molecule has 0 saturated carbocycles. The zero-order chi connectivity index (χ0) is 13.0. The molecule has 92 valence electrons.